The number of benzene rings is 2. The molecule has 1 aliphatic heterocycles. The van der Waals surface area contributed by atoms with E-state index in [1.165, 1.54) is 23.1 Å². The van der Waals surface area contributed by atoms with Crippen LogP contribution in [0, 0.1) is 0 Å². The molecule has 12 heteroatoms. The Kier molecular flexibility index (Phi) is 7.73. The smallest absolute Gasteiger partial charge is 0.338 e. The van der Waals surface area contributed by atoms with Gasteiger partial charge < -0.3 is 13.9 Å². The lowest BCUT2D eigenvalue weighted by Crippen LogP contribution is -2.39. The van der Waals surface area contributed by atoms with Gasteiger partial charge in [-0.2, -0.15) is 0 Å². The number of hydrogen-bond donors (Lipinski definition) is 0. The molecule has 1 aliphatic rings. The van der Waals surface area contributed by atoms with Gasteiger partial charge in [-0.1, -0.05) is 29.5 Å². The number of thiazole rings is 2. The molecule has 0 N–H and O–H groups in total. The number of hydrogen-bond acceptors (Lipinski definition) is 10. The Morgan fingerprint density at radius 1 is 1.20 bits per heavy atom. The van der Waals surface area contributed by atoms with Crippen LogP contribution in [0.25, 0.3) is 16.3 Å². The van der Waals surface area contributed by atoms with E-state index in [2.05, 4.69) is 25.9 Å². The number of carbonyl (C=O) groups excluding carboxylic acids is 1. The average molecular weight is 669 g/mol. The molecule has 0 amide bonds. The van der Waals surface area contributed by atoms with Crippen molar-refractivity contribution in [1.82, 2.24) is 9.55 Å². The van der Waals surface area contributed by atoms with Crippen molar-refractivity contribution in [2.45, 2.75) is 29.3 Å². The van der Waals surface area contributed by atoms with E-state index in [1.807, 2.05) is 48.5 Å². The fraction of sp³-hybridized carbons (Fsp3) is 0.172. The molecular formula is C29H22BrN3O5S3. The van der Waals surface area contributed by atoms with Crippen molar-refractivity contribution in [3.8, 4) is 5.75 Å². The minimum Gasteiger partial charge on any atom is -0.496 e. The van der Waals surface area contributed by atoms with E-state index in [1.54, 1.807) is 49.0 Å². The molecule has 1 atom stereocenters. The fourth-order valence-corrected chi connectivity index (χ4v) is 8.09. The van der Waals surface area contributed by atoms with E-state index in [4.69, 9.17) is 13.9 Å². The molecule has 6 rings (SSSR count). The maximum absolute atomic E-state index is 13.9. The molecule has 0 saturated heterocycles. The largest absolute Gasteiger partial charge is 0.496 e. The first-order chi connectivity index (χ1) is 19.9. The first-order valence-corrected chi connectivity index (χ1v) is 15.8. The van der Waals surface area contributed by atoms with Gasteiger partial charge in [-0.25, -0.2) is 14.8 Å². The van der Waals surface area contributed by atoms with Gasteiger partial charge in [0, 0.05) is 6.08 Å². The fourth-order valence-electron chi connectivity index (χ4n) is 4.54. The van der Waals surface area contributed by atoms with Crippen molar-refractivity contribution in [2.75, 3.05) is 13.7 Å². The van der Waals surface area contributed by atoms with Crippen LogP contribution < -0.4 is 19.6 Å². The Hall–Kier alpha value is -3.45. The molecule has 0 bridgehead atoms. The Morgan fingerprint density at radius 3 is 2.78 bits per heavy atom. The number of nitrogens with zero attached hydrogens (tertiary/aromatic N) is 3. The number of para-hydroxylation sites is 1. The molecule has 0 radical (unpaired) electrons. The van der Waals surface area contributed by atoms with Crippen molar-refractivity contribution in [3.05, 3.63) is 101 Å². The first kappa shape index (κ1) is 27.7. The van der Waals surface area contributed by atoms with Crippen LogP contribution >= 0.6 is 50.4 Å². The molecule has 4 heterocycles. The lowest BCUT2D eigenvalue weighted by Gasteiger charge is -2.25. The van der Waals surface area contributed by atoms with Crippen molar-refractivity contribution in [2.24, 2.45) is 4.99 Å². The third kappa shape index (κ3) is 5.32. The maximum atomic E-state index is 13.9. The average Bonchev–Trinajstić information content (AvgIpc) is 3.65. The summed E-state index contributed by atoms with van der Waals surface area (Å²) in [6, 6.07) is 16.4. The summed E-state index contributed by atoms with van der Waals surface area (Å²) in [6.07, 6.45) is 1.70. The number of ether oxygens (including phenoxy) is 2. The van der Waals surface area contributed by atoms with Crippen LogP contribution in [0.2, 0.25) is 0 Å². The van der Waals surface area contributed by atoms with Crippen LogP contribution in [0.1, 0.15) is 31.2 Å². The summed E-state index contributed by atoms with van der Waals surface area (Å²) in [5.41, 5.74) is 2.20. The number of fused-ring (bicyclic) bond motifs is 2. The van der Waals surface area contributed by atoms with Crippen LogP contribution in [-0.4, -0.2) is 29.2 Å². The van der Waals surface area contributed by atoms with Gasteiger partial charge >= 0.3 is 5.97 Å². The van der Waals surface area contributed by atoms with Gasteiger partial charge in [0.25, 0.3) is 5.56 Å². The third-order valence-corrected chi connectivity index (χ3v) is 9.97. The molecule has 5 aromatic rings. The van der Waals surface area contributed by atoms with Crippen LogP contribution in [0.3, 0.4) is 0 Å². The van der Waals surface area contributed by atoms with Crippen molar-refractivity contribution in [3.63, 3.8) is 0 Å². The molecule has 8 nitrogen and oxygen atoms in total. The van der Waals surface area contributed by atoms with Crippen molar-refractivity contribution < 1.29 is 18.7 Å². The zero-order chi connectivity index (χ0) is 28.7. The quantitative estimate of drug-likeness (QED) is 0.199. The summed E-state index contributed by atoms with van der Waals surface area (Å²) in [5, 5.41) is 0.671. The summed E-state index contributed by atoms with van der Waals surface area (Å²) in [6.45, 7) is 3.70. The summed E-state index contributed by atoms with van der Waals surface area (Å²) in [4.78, 5) is 36.7. The third-order valence-electron chi connectivity index (χ3n) is 6.35. The second-order valence-corrected chi connectivity index (χ2v) is 13.0. The lowest BCUT2D eigenvalue weighted by molar-refractivity contribution is -0.139. The SMILES string of the molecule is CCOC(=O)C1=C(C)N=c2s/c(=C/c3ccc(Sc4nc5ccccc5s4)o3)c(=O)n2[C@@H]1c1ccc(OC)c(Br)c1. The van der Waals surface area contributed by atoms with Crippen molar-refractivity contribution >= 4 is 72.6 Å². The Bertz CT molecular complexity index is 1990. The number of methoxy groups -OCH3 is 1. The van der Waals surface area contributed by atoms with Gasteiger partial charge in [0.15, 0.2) is 14.2 Å². The zero-order valence-electron chi connectivity index (χ0n) is 22.0. The van der Waals surface area contributed by atoms with E-state index in [0.29, 0.717) is 41.7 Å². The van der Waals surface area contributed by atoms with E-state index in [-0.39, 0.29) is 12.2 Å². The number of aromatic nitrogens is 2. The topological polar surface area (TPSA) is 95.9 Å². The molecule has 0 unspecified atom stereocenters. The summed E-state index contributed by atoms with van der Waals surface area (Å²) in [5.74, 6) is 0.656. The summed E-state index contributed by atoms with van der Waals surface area (Å²) >= 11 is 7.81. The second kappa shape index (κ2) is 11.4. The highest BCUT2D eigenvalue weighted by atomic mass is 79.9. The molecule has 3 aromatic heterocycles. The van der Waals surface area contributed by atoms with Gasteiger partial charge in [0.2, 0.25) is 0 Å². The number of halogens is 1. The normalized spacial score (nSPS) is 15.2. The predicted molar refractivity (Wildman–Crippen MR) is 164 cm³/mol. The molecule has 0 saturated carbocycles. The van der Waals surface area contributed by atoms with Gasteiger partial charge in [-0.15, -0.1) is 11.3 Å². The van der Waals surface area contributed by atoms with Crippen LogP contribution in [0.15, 0.2) is 94.0 Å². The monoisotopic (exact) mass is 667 g/mol. The number of esters is 1. The Morgan fingerprint density at radius 2 is 2.02 bits per heavy atom. The molecule has 2 aromatic carbocycles. The maximum Gasteiger partial charge on any atom is 0.338 e. The van der Waals surface area contributed by atoms with Crippen molar-refractivity contribution in [1.29, 1.82) is 0 Å². The Balaban J connectivity index is 1.40. The molecular weight excluding hydrogens is 646 g/mol. The van der Waals surface area contributed by atoms with Crippen LogP contribution in [-0.2, 0) is 9.53 Å². The van der Waals surface area contributed by atoms with E-state index >= 15 is 0 Å². The summed E-state index contributed by atoms with van der Waals surface area (Å²) in [7, 11) is 1.58. The molecule has 208 valence electrons. The van der Waals surface area contributed by atoms with E-state index in [9.17, 15) is 9.59 Å². The highest BCUT2D eigenvalue weighted by Crippen LogP contribution is 2.36. The number of allylic oxidation sites excluding steroid dienone is 1. The van der Waals surface area contributed by atoms with E-state index in [0.717, 1.165) is 20.1 Å². The Labute approximate surface area is 254 Å². The first-order valence-electron chi connectivity index (χ1n) is 12.5. The minimum atomic E-state index is -0.726. The molecule has 0 fully saturated rings. The number of rotatable bonds is 7. The van der Waals surface area contributed by atoms with Gasteiger partial charge in [-0.3, -0.25) is 9.36 Å². The van der Waals surface area contributed by atoms with Crippen LogP contribution in [0.4, 0.5) is 0 Å². The highest BCUT2D eigenvalue weighted by molar-refractivity contribution is 9.10. The predicted octanol–water partition coefficient (Wildman–Crippen LogP) is 5.92. The molecule has 0 spiro atoms. The van der Waals surface area contributed by atoms with Gasteiger partial charge in [0.1, 0.15) is 11.5 Å². The van der Waals surface area contributed by atoms with E-state index < -0.39 is 12.0 Å². The van der Waals surface area contributed by atoms with Crippen LogP contribution in [0.5, 0.6) is 5.75 Å². The number of furan rings is 1. The van der Waals surface area contributed by atoms with Gasteiger partial charge in [0.05, 0.1) is 50.3 Å². The second-order valence-electron chi connectivity index (χ2n) is 8.90. The molecule has 41 heavy (non-hydrogen) atoms. The molecule has 0 aliphatic carbocycles. The zero-order valence-corrected chi connectivity index (χ0v) is 26.1. The summed E-state index contributed by atoms with van der Waals surface area (Å²) < 4.78 is 21.5. The number of carbonyl (C=O) groups is 1. The lowest BCUT2D eigenvalue weighted by atomic mass is 9.96. The standard InChI is InChI=1S/C29H22BrN3O5S3/c1-4-37-27(35)24-15(2)31-28-33(25(24)16-9-11-20(36-3)18(30)13-16)26(34)22(39-28)14-17-10-12-23(38-17)41-29-32-19-7-5-6-8-21(19)40-29/h5-14,25H,4H2,1-3H3/b22-14+/t25-/m1/s1. The highest BCUT2D eigenvalue weighted by Gasteiger charge is 2.33. The van der Waals surface area contributed by atoms with Gasteiger partial charge in [-0.05, 0) is 83.5 Å². The minimum absolute atomic E-state index is 0.203.